The van der Waals surface area contributed by atoms with Crippen LogP contribution >= 0.6 is 0 Å². The van der Waals surface area contributed by atoms with Crippen molar-refractivity contribution in [1.29, 1.82) is 0 Å². The van der Waals surface area contributed by atoms with Crippen LogP contribution < -0.4 is 19.9 Å². The number of anilines is 2. The van der Waals surface area contributed by atoms with E-state index >= 15 is 0 Å². The molecule has 3 rings (SSSR count). The number of para-hydroxylation sites is 1. The van der Waals surface area contributed by atoms with E-state index in [1.165, 1.54) is 23.1 Å². The summed E-state index contributed by atoms with van der Waals surface area (Å²) in [5.74, 6) is -0.403. The van der Waals surface area contributed by atoms with Gasteiger partial charge in [-0.3, -0.25) is 24.6 Å². The molecule has 0 fully saturated rings. The third-order valence-electron chi connectivity index (χ3n) is 4.83. The quantitative estimate of drug-likeness (QED) is 0.385. The van der Waals surface area contributed by atoms with Crippen LogP contribution in [0.4, 0.5) is 17.1 Å². The molecule has 30 heavy (non-hydrogen) atoms. The second-order valence-corrected chi connectivity index (χ2v) is 6.80. The van der Waals surface area contributed by atoms with Gasteiger partial charge in [-0.1, -0.05) is 18.2 Å². The van der Waals surface area contributed by atoms with Gasteiger partial charge < -0.3 is 15.0 Å². The van der Waals surface area contributed by atoms with E-state index in [2.05, 4.69) is 17.1 Å². The van der Waals surface area contributed by atoms with Gasteiger partial charge in [0.1, 0.15) is 12.3 Å². The van der Waals surface area contributed by atoms with E-state index in [1.807, 2.05) is 30.3 Å². The van der Waals surface area contributed by atoms with Crippen molar-refractivity contribution < 1.29 is 19.2 Å². The van der Waals surface area contributed by atoms with E-state index < -0.39 is 10.8 Å². The van der Waals surface area contributed by atoms with Gasteiger partial charge in [0.15, 0.2) is 6.61 Å². The topological polar surface area (TPSA) is 105 Å². The number of benzene rings is 2. The standard InChI is InChI=1S/C21H24N4O5/c1-2-23(16-7-4-3-5-8-16)12-6-11-22-20(26)14-24-18-13-17(25(28)29)9-10-19(18)30-15-21(24)27/h3-5,7-10,13H,2,6,11-12,14-15H2,1H3,(H,22,26). The lowest BCUT2D eigenvalue weighted by Gasteiger charge is -2.28. The lowest BCUT2D eigenvalue weighted by atomic mass is 10.2. The van der Waals surface area contributed by atoms with Crippen molar-refractivity contribution >= 4 is 28.9 Å². The minimum absolute atomic E-state index is 0.168. The van der Waals surface area contributed by atoms with Crippen LogP contribution in [0.2, 0.25) is 0 Å². The van der Waals surface area contributed by atoms with Crippen LogP contribution in [0.15, 0.2) is 48.5 Å². The Labute approximate surface area is 174 Å². The van der Waals surface area contributed by atoms with Gasteiger partial charge in [-0.15, -0.1) is 0 Å². The van der Waals surface area contributed by atoms with E-state index in [4.69, 9.17) is 4.74 Å². The Morgan fingerprint density at radius 1 is 1.27 bits per heavy atom. The van der Waals surface area contributed by atoms with Gasteiger partial charge in [0, 0.05) is 37.5 Å². The number of carbonyl (C=O) groups is 2. The number of nitro benzene ring substituents is 1. The van der Waals surface area contributed by atoms with Crippen molar-refractivity contribution in [2.45, 2.75) is 13.3 Å². The summed E-state index contributed by atoms with van der Waals surface area (Å²) >= 11 is 0. The summed E-state index contributed by atoms with van der Waals surface area (Å²) in [6, 6.07) is 14.0. The Kier molecular flexibility index (Phi) is 6.84. The molecular formula is C21H24N4O5. The van der Waals surface area contributed by atoms with Crippen molar-refractivity contribution in [3.05, 3.63) is 58.6 Å². The van der Waals surface area contributed by atoms with Crippen molar-refractivity contribution in [3.63, 3.8) is 0 Å². The zero-order chi connectivity index (χ0) is 21.5. The Morgan fingerprint density at radius 3 is 2.73 bits per heavy atom. The van der Waals surface area contributed by atoms with E-state index in [0.29, 0.717) is 12.3 Å². The molecule has 1 N–H and O–H groups in total. The predicted octanol–water partition coefficient (Wildman–Crippen LogP) is 2.35. The normalized spacial score (nSPS) is 12.7. The molecule has 1 aliphatic heterocycles. The highest BCUT2D eigenvalue weighted by Gasteiger charge is 2.29. The van der Waals surface area contributed by atoms with Crippen LogP contribution in [0, 0.1) is 10.1 Å². The molecule has 1 heterocycles. The van der Waals surface area contributed by atoms with E-state index in [0.717, 1.165) is 25.2 Å². The fraction of sp³-hybridized carbons (Fsp3) is 0.333. The number of nitrogens with one attached hydrogen (secondary N) is 1. The highest BCUT2D eigenvalue weighted by atomic mass is 16.6. The molecule has 0 aliphatic carbocycles. The lowest BCUT2D eigenvalue weighted by molar-refractivity contribution is -0.384. The Hall–Kier alpha value is -3.62. The third kappa shape index (κ3) is 5.05. The number of fused-ring (bicyclic) bond motifs is 1. The molecule has 2 aromatic carbocycles. The summed E-state index contributed by atoms with van der Waals surface area (Å²) in [5, 5.41) is 13.8. The Bertz CT molecular complexity index is 919. The summed E-state index contributed by atoms with van der Waals surface area (Å²) in [5.41, 5.74) is 1.19. The Morgan fingerprint density at radius 2 is 2.03 bits per heavy atom. The smallest absolute Gasteiger partial charge is 0.271 e. The van der Waals surface area contributed by atoms with Gasteiger partial charge in [0.2, 0.25) is 5.91 Å². The van der Waals surface area contributed by atoms with Crippen LogP contribution in [0.25, 0.3) is 0 Å². The third-order valence-corrected chi connectivity index (χ3v) is 4.83. The fourth-order valence-corrected chi connectivity index (χ4v) is 3.28. The molecule has 158 valence electrons. The second-order valence-electron chi connectivity index (χ2n) is 6.80. The largest absolute Gasteiger partial charge is 0.482 e. The first-order chi connectivity index (χ1) is 14.5. The number of ether oxygens (including phenoxy) is 1. The minimum Gasteiger partial charge on any atom is -0.482 e. The number of non-ortho nitro benzene ring substituents is 1. The van der Waals surface area contributed by atoms with Crippen LogP contribution in [-0.2, 0) is 9.59 Å². The van der Waals surface area contributed by atoms with Crippen LogP contribution in [0.5, 0.6) is 5.75 Å². The van der Waals surface area contributed by atoms with Crippen molar-refractivity contribution in [3.8, 4) is 5.75 Å². The lowest BCUT2D eigenvalue weighted by Crippen LogP contribution is -2.45. The van der Waals surface area contributed by atoms with Crippen LogP contribution in [-0.4, -0.2) is 49.5 Å². The van der Waals surface area contributed by atoms with Crippen molar-refractivity contribution in [2.24, 2.45) is 0 Å². The molecule has 1 aliphatic rings. The van der Waals surface area contributed by atoms with Gasteiger partial charge >= 0.3 is 0 Å². The minimum atomic E-state index is -0.552. The molecule has 0 unspecified atom stereocenters. The van der Waals surface area contributed by atoms with Crippen molar-refractivity contribution in [1.82, 2.24) is 5.32 Å². The highest BCUT2D eigenvalue weighted by Crippen LogP contribution is 2.35. The average Bonchev–Trinajstić information content (AvgIpc) is 2.76. The maximum atomic E-state index is 12.4. The predicted molar refractivity (Wildman–Crippen MR) is 113 cm³/mol. The SMILES string of the molecule is CCN(CCCNC(=O)CN1C(=O)COc2ccc([N+](=O)[O-])cc21)c1ccccc1. The second kappa shape index (κ2) is 9.73. The summed E-state index contributed by atoms with van der Waals surface area (Å²) in [4.78, 5) is 38.5. The molecular weight excluding hydrogens is 388 g/mol. The van der Waals surface area contributed by atoms with Crippen LogP contribution in [0.3, 0.4) is 0 Å². The molecule has 0 saturated carbocycles. The number of hydrogen-bond donors (Lipinski definition) is 1. The van der Waals surface area contributed by atoms with Crippen LogP contribution in [0.1, 0.15) is 13.3 Å². The molecule has 9 nitrogen and oxygen atoms in total. The Balaban J connectivity index is 1.54. The fourth-order valence-electron chi connectivity index (χ4n) is 3.28. The van der Waals surface area contributed by atoms with E-state index in [-0.39, 0.29) is 30.4 Å². The summed E-state index contributed by atoms with van der Waals surface area (Å²) in [6.45, 7) is 3.75. The molecule has 0 saturated heterocycles. The van der Waals surface area contributed by atoms with Gasteiger partial charge in [0.05, 0.1) is 10.6 Å². The molecule has 9 heteroatoms. The van der Waals surface area contributed by atoms with E-state index in [9.17, 15) is 19.7 Å². The zero-order valence-corrected chi connectivity index (χ0v) is 16.7. The van der Waals surface area contributed by atoms with Gasteiger partial charge in [-0.05, 0) is 31.5 Å². The molecule has 0 spiro atoms. The molecule has 0 bridgehead atoms. The monoisotopic (exact) mass is 412 g/mol. The van der Waals surface area contributed by atoms with Gasteiger partial charge in [-0.2, -0.15) is 0 Å². The molecule has 2 amide bonds. The van der Waals surface area contributed by atoms with Gasteiger partial charge in [0.25, 0.3) is 11.6 Å². The molecule has 0 radical (unpaired) electrons. The highest BCUT2D eigenvalue weighted by molar-refractivity contribution is 6.02. The summed E-state index contributed by atoms with van der Waals surface area (Å²) in [7, 11) is 0. The molecule has 0 aromatic heterocycles. The van der Waals surface area contributed by atoms with Gasteiger partial charge in [-0.25, -0.2) is 0 Å². The summed E-state index contributed by atoms with van der Waals surface area (Å²) < 4.78 is 5.31. The number of hydrogen-bond acceptors (Lipinski definition) is 6. The van der Waals surface area contributed by atoms with E-state index in [1.54, 1.807) is 0 Å². The number of nitrogens with zero attached hydrogens (tertiary/aromatic N) is 3. The first-order valence-electron chi connectivity index (χ1n) is 9.78. The number of amides is 2. The first kappa shape index (κ1) is 21.1. The average molecular weight is 412 g/mol. The first-order valence-corrected chi connectivity index (χ1v) is 9.78. The molecule has 0 atom stereocenters. The van der Waals surface area contributed by atoms with Crippen molar-refractivity contribution in [2.75, 3.05) is 42.6 Å². The number of nitro groups is 1. The number of rotatable bonds is 9. The zero-order valence-electron chi connectivity index (χ0n) is 16.7. The maximum absolute atomic E-state index is 12.4. The summed E-state index contributed by atoms with van der Waals surface area (Å²) in [6.07, 6.45) is 0.744. The molecule has 2 aromatic rings. The number of carbonyl (C=O) groups excluding carboxylic acids is 2. The maximum Gasteiger partial charge on any atom is 0.271 e.